The molecule has 24 heavy (non-hydrogen) atoms. The van der Waals surface area contributed by atoms with Crippen molar-refractivity contribution in [3.63, 3.8) is 0 Å². The van der Waals surface area contributed by atoms with Crippen LogP contribution in [0, 0.1) is 0 Å². The summed E-state index contributed by atoms with van der Waals surface area (Å²) in [5, 5.41) is 3.52. The molecule has 126 valence electrons. The average Bonchev–Trinajstić information content (AvgIpc) is 3.04. The molecule has 1 heterocycles. The SMILES string of the molecule is CC(Oc1cccc(Cl)c1)C(=O)NC1CC(c2ccccc2)NN1. The van der Waals surface area contributed by atoms with Crippen LogP contribution >= 0.6 is 11.6 Å². The fourth-order valence-corrected chi connectivity index (χ4v) is 2.82. The van der Waals surface area contributed by atoms with Crippen LogP contribution in [0.3, 0.4) is 0 Å². The summed E-state index contributed by atoms with van der Waals surface area (Å²) >= 11 is 5.92. The second kappa shape index (κ2) is 7.66. The van der Waals surface area contributed by atoms with E-state index in [-0.39, 0.29) is 18.1 Å². The Morgan fingerprint density at radius 3 is 2.75 bits per heavy atom. The zero-order valence-electron chi connectivity index (χ0n) is 13.3. The molecule has 6 heteroatoms. The van der Waals surface area contributed by atoms with Crippen molar-refractivity contribution < 1.29 is 9.53 Å². The summed E-state index contributed by atoms with van der Waals surface area (Å²) < 4.78 is 5.63. The van der Waals surface area contributed by atoms with Crippen molar-refractivity contribution in [2.75, 3.05) is 0 Å². The number of hydrazine groups is 1. The van der Waals surface area contributed by atoms with Crippen molar-refractivity contribution in [3.8, 4) is 5.75 Å². The summed E-state index contributed by atoms with van der Waals surface area (Å²) in [7, 11) is 0. The molecule has 1 saturated heterocycles. The van der Waals surface area contributed by atoms with Gasteiger partial charge in [0.2, 0.25) is 0 Å². The Kier molecular flexibility index (Phi) is 5.35. The zero-order chi connectivity index (χ0) is 16.9. The molecule has 0 spiro atoms. The van der Waals surface area contributed by atoms with Crippen LogP contribution in [0.4, 0.5) is 0 Å². The maximum atomic E-state index is 12.3. The number of hydrogen-bond donors (Lipinski definition) is 3. The summed E-state index contributed by atoms with van der Waals surface area (Å²) in [4.78, 5) is 12.3. The fraction of sp³-hybridized carbons (Fsp3) is 0.278. The molecule has 3 unspecified atom stereocenters. The molecule has 3 atom stereocenters. The molecule has 1 aliphatic rings. The Labute approximate surface area is 146 Å². The molecule has 0 radical (unpaired) electrons. The van der Waals surface area contributed by atoms with Gasteiger partial charge in [-0.1, -0.05) is 48.0 Å². The Balaban J connectivity index is 1.52. The smallest absolute Gasteiger partial charge is 0.262 e. The number of carbonyl (C=O) groups excluding carboxylic acids is 1. The van der Waals surface area contributed by atoms with Crippen molar-refractivity contribution >= 4 is 17.5 Å². The highest BCUT2D eigenvalue weighted by Gasteiger charge is 2.27. The van der Waals surface area contributed by atoms with Crippen LogP contribution < -0.4 is 20.9 Å². The highest BCUT2D eigenvalue weighted by Crippen LogP contribution is 2.21. The minimum absolute atomic E-state index is 0.145. The van der Waals surface area contributed by atoms with Crippen molar-refractivity contribution in [3.05, 3.63) is 65.2 Å². The number of halogens is 1. The summed E-state index contributed by atoms with van der Waals surface area (Å²) in [5.74, 6) is 0.396. The summed E-state index contributed by atoms with van der Waals surface area (Å²) in [5.41, 5.74) is 7.49. The van der Waals surface area contributed by atoms with Gasteiger partial charge in [-0.05, 0) is 30.7 Å². The van der Waals surface area contributed by atoms with Gasteiger partial charge in [-0.2, -0.15) is 0 Å². The van der Waals surface area contributed by atoms with Gasteiger partial charge in [0.05, 0.1) is 6.17 Å². The van der Waals surface area contributed by atoms with Gasteiger partial charge in [0.25, 0.3) is 5.91 Å². The zero-order valence-corrected chi connectivity index (χ0v) is 14.1. The van der Waals surface area contributed by atoms with Crippen LogP contribution in [0.15, 0.2) is 54.6 Å². The third kappa shape index (κ3) is 4.26. The molecule has 0 saturated carbocycles. The first kappa shape index (κ1) is 16.8. The first-order valence-corrected chi connectivity index (χ1v) is 8.28. The van der Waals surface area contributed by atoms with Crippen LogP contribution in [0.2, 0.25) is 5.02 Å². The minimum Gasteiger partial charge on any atom is -0.481 e. The Hall–Kier alpha value is -2.08. The third-order valence-electron chi connectivity index (χ3n) is 3.90. The normalized spacial score (nSPS) is 21.2. The first-order chi connectivity index (χ1) is 11.6. The van der Waals surface area contributed by atoms with E-state index in [1.807, 2.05) is 18.2 Å². The summed E-state index contributed by atoms with van der Waals surface area (Å²) in [6, 6.07) is 17.3. The number of nitrogens with one attached hydrogen (secondary N) is 3. The lowest BCUT2D eigenvalue weighted by atomic mass is 10.0. The van der Waals surface area contributed by atoms with E-state index < -0.39 is 6.10 Å². The van der Waals surface area contributed by atoms with E-state index in [1.165, 1.54) is 5.56 Å². The molecule has 1 amide bonds. The van der Waals surface area contributed by atoms with Gasteiger partial charge in [-0.3, -0.25) is 4.79 Å². The Bertz CT molecular complexity index is 696. The maximum absolute atomic E-state index is 12.3. The molecule has 1 fully saturated rings. The lowest BCUT2D eigenvalue weighted by Crippen LogP contribution is -2.48. The van der Waals surface area contributed by atoms with E-state index in [2.05, 4.69) is 28.3 Å². The molecule has 2 aromatic rings. The minimum atomic E-state index is -0.610. The van der Waals surface area contributed by atoms with Crippen molar-refractivity contribution in [1.82, 2.24) is 16.2 Å². The van der Waals surface area contributed by atoms with E-state index in [1.54, 1.807) is 31.2 Å². The van der Waals surface area contributed by atoms with Crippen molar-refractivity contribution in [2.45, 2.75) is 31.7 Å². The van der Waals surface area contributed by atoms with Gasteiger partial charge in [0.1, 0.15) is 5.75 Å². The van der Waals surface area contributed by atoms with Gasteiger partial charge in [-0.15, -0.1) is 0 Å². The Morgan fingerprint density at radius 2 is 2.00 bits per heavy atom. The Morgan fingerprint density at radius 1 is 1.21 bits per heavy atom. The van der Waals surface area contributed by atoms with Crippen LogP contribution in [0.25, 0.3) is 0 Å². The van der Waals surface area contributed by atoms with E-state index in [0.29, 0.717) is 10.8 Å². The quantitative estimate of drug-likeness (QED) is 0.779. The number of amides is 1. The lowest BCUT2D eigenvalue weighted by molar-refractivity contribution is -0.128. The van der Waals surface area contributed by atoms with E-state index >= 15 is 0 Å². The molecule has 1 aliphatic heterocycles. The predicted molar refractivity (Wildman–Crippen MR) is 93.5 cm³/mol. The molecule has 0 aromatic heterocycles. The number of hydrogen-bond acceptors (Lipinski definition) is 4. The second-order valence-electron chi connectivity index (χ2n) is 5.77. The molecule has 3 rings (SSSR count). The molecule has 0 aliphatic carbocycles. The monoisotopic (exact) mass is 345 g/mol. The number of ether oxygens (including phenoxy) is 1. The molecular weight excluding hydrogens is 326 g/mol. The van der Waals surface area contributed by atoms with Gasteiger partial charge in [-0.25, -0.2) is 10.9 Å². The number of benzene rings is 2. The average molecular weight is 346 g/mol. The standard InChI is InChI=1S/C18H20ClN3O2/c1-12(24-15-9-5-8-14(19)10-15)18(23)20-17-11-16(21-22-17)13-6-3-2-4-7-13/h2-10,12,16-17,21-22H,11H2,1H3,(H,20,23). The van der Waals surface area contributed by atoms with Crippen LogP contribution in [-0.2, 0) is 4.79 Å². The summed E-state index contributed by atoms with van der Waals surface area (Å²) in [6.45, 7) is 1.72. The molecule has 3 N–H and O–H groups in total. The lowest BCUT2D eigenvalue weighted by Gasteiger charge is -2.18. The molecule has 2 aromatic carbocycles. The van der Waals surface area contributed by atoms with Gasteiger partial charge in [0.15, 0.2) is 6.10 Å². The predicted octanol–water partition coefficient (Wildman–Crippen LogP) is 2.79. The van der Waals surface area contributed by atoms with Gasteiger partial charge in [0, 0.05) is 17.5 Å². The first-order valence-electron chi connectivity index (χ1n) is 7.90. The maximum Gasteiger partial charge on any atom is 0.262 e. The molecule has 0 bridgehead atoms. The fourth-order valence-electron chi connectivity index (χ4n) is 2.64. The van der Waals surface area contributed by atoms with Crippen LogP contribution in [0.5, 0.6) is 5.75 Å². The van der Waals surface area contributed by atoms with Crippen molar-refractivity contribution in [2.24, 2.45) is 0 Å². The third-order valence-corrected chi connectivity index (χ3v) is 4.13. The highest BCUT2D eigenvalue weighted by molar-refractivity contribution is 6.30. The molecule has 5 nitrogen and oxygen atoms in total. The van der Waals surface area contributed by atoms with Gasteiger partial charge < -0.3 is 10.1 Å². The summed E-state index contributed by atoms with van der Waals surface area (Å²) in [6.07, 6.45) is 0.00812. The largest absolute Gasteiger partial charge is 0.481 e. The van der Waals surface area contributed by atoms with E-state index in [0.717, 1.165) is 6.42 Å². The number of rotatable bonds is 5. The van der Waals surface area contributed by atoms with E-state index in [4.69, 9.17) is 16.3 Å². The van der Waals surface area contributed by atoms with Crippen LogP contribution in [0.1, 0.15) is 24.9 Å². The topological polar surface area (TPSA) is 62.4 Å². The van der Waals surface area contributed by atoms with Crippen molar-refractivity contribution in [1.29, 1.82) is 0 Å². The van der Waals surface area contributed by atoms with Gasteiger partial charge >= 0.3 is 0 Å². The van der Waals surface area contributed by atoms with E-state index in [9.17, 15) is 4.79 Å². The highest BCUT2D eigenvalue weighted by atomic mass is 35.5. The van der Waals surface area contributed by atoms with Crippen LogP contribution in [-0.4, -0.2) is 18.2 Å². The number of carbonyl (C=O) groups is 1. The molecular formula is C18H20ClN3O2. The second-order valence-corrected chi connectivity index (χ2v) is 6.20.